The van der Waals surface area contributed by atoms with E-state index in [1.165, 1.54) is 25.0 Å². The molecule has 0 radical (unpaired) electrons. The summed E-state index contributed by atoms with van der Waals surface area (Å²) < 4.78 is 24.3. The molecule has 1 N–H and O–H groups in total. The van der Waals surface area contributed by atoms with Gasteiger partial charge in [0.05, 0.1) is 17.2 Å². The summed E-state index contributed by atoms with van der Waals surface area (Å²) >= 11 is 12.4. The minimum absolute atomic E-state index is 0.170. The lowest BCUT2D eigenvalue weighted by atomic mass is 10.2. The Balaban J connectivity index is 2.03. The van der Waals surface area contributed by atoms with Crippen LogP contribution in [-0.4, -0.2) is 13.7 Å². The van der Waals surface area contributed by atoms with E-state index < -0.39 is 0 Å². The molecule has 0 bridgehead atoms. The van der Waals surface area contributed by atoms with Crippen LogP contribution in [0.1, 0.15) is 37.3 Å². The summed E-state index contributed by atoms with van der Waals surface area (Å²) in [7, 11) is 1.57. The summed E-state index contributed by atoms with van der Waals surface area (Å²) in [6.45, 7) is 4.03. The van der Waals surface area contributed by atoms with E-state index in [-0.39, 0.29) is 12.4 Å². The average molecular weight is 400 g/mol. The van der Waals surface area contributed by atoms with Crippen LogP contribution in [0.4, 0.5) is 4.39 Å². The smallest absolute Gasteiger partial charge is 0.180 e. The Morgan fingerprint density at radius 2 is 1.88 bits per heavy atom. The first-order valence-corrected chi connectivity index (χ1v) is 9.44. The van der Waals surface area contributed by atoms with Crippen molar-refractivity contribution in [3.8, 4) is 11.5 Å². The molecular formula is C20H24Cl2FNO2. The third-order valence-electron chi connectivity index (χ3n) is 3.96. The predicted molar refractivity (Wildman–Crippen MR) is 105 cm³/mol. The van der Waals surface area contributed by atoms with E-state index in [0.717, 1.165) is 18.5 Å². The minimum atomic E-state index is -0.384. The summed E-state index contributed by atoms with van der Waals surface area (Å²) in [4.78, 5) is 0. The fourth-order valence-corrected chi connectivity index (χ4v) is 3.05. The van der Waals surface area contributed by atoms with E-state index in [1.807, 2.05) is 12.1 Å². The summed E-state index contributed by atoms with van der Waals surface area (Å²) in [5.41, 5.74) is 1.70. The lowest BCUT2D eigenvalue weighted by molar-refractivity contribution is 0.284. The van der Waals surface area contributed by atoms with Crippen molar-refractivity contribution < 1.29 is 13.9 Å². The van der Waals surface area contributed by atoms with Crippen LogP contribution in [0, 0.1) is 5.82 Å². The zero-order chi connectivity index (χ0) is 18.9. The molecule has 0 aliphatic carbocycles. The van der Waals surface area contributed by atoms with Crippen LogP contribution in [0.3, 0.4) is 0 Å². The highest BCUT2D eigenvalue weighted by Gasteiger charge is 2.13. The van der Waals surface area contributed by atoms with E-state index in [1.54, 1.807) is 13.2 Å². The summed E-state index contributed by atoms with van der Waals surface area (Å²) in [5, 5.41) is 4.18. The van der Waals surface area contributed by atoms with Gasteiger partial charge in [-0.25, -0.2) is 4.39 Å². The molecule has 6 heteroatoms. The van der Waals surface area contributed by atoms with Gasteiger partial charge < -0.3 is 14.8 Å². The standard InChI is InChI=1S/C20H24Cl2FNO2/c1-3-4-5-8-24-12-14-9-18(22)20(19(10-14)25-2)26-13-15-6-7-16(23)11-17(15)21/h6-7,9-11,24H,3-5,8,12-13H2,1-2H3. The first-order chi connectivity index (χ1) is 12.5. The Labute approximate surface area is 164 Å². The van der Waals surface area contributed by atoms with Gasteiger partial charge in [-0.2, -0.15) is 0 Å². The fourth-order valence-electron chi connectivity index (χ4n) is 2.54. The molecule has 0 atom stereocenters. The number of ether oxygens (including phenoxy) is 2. The van der Waals surface area contributed by atoms with Gasteiger partial charge in [0.15, 0.2) is 11.5 Å². The van der Waals surface area contributed by atoms with E-state index in [9.17, 15) is 4.39 Å². The van der Waals surface area contributed by atoms with Gasteiger partial charge in [0.25, 0.3) is 0 Å². The molecule has 2 aromatic carbocycles. The van der Waals surface area contributed by atoms with Crippen LogP contribution < -0.4 is 14.8 Å². The molecule has 0 fully saturated rings. The SMILES string of the molecule is CCCCCNCc1cc(Cl)c(OCc2ccc(F)cc2Cl)c(OC)c1. The number of nitrogens with one attached hydrogen (secondary N) is 1. The summed E-state index contributed by atoms with van der Waals surface area (Å²) in [6, 6.07) is 7.95. The van der Waals surface area contributed by atoms with Gasteiger partial charge in [0, 0.05) is 12.1 Å². The monoisotopic (exact) mass is 399 g/mol. The van der Waals surface area contributed by atoms with Crippen molar-refractivity contribution >= 4 is 23.2 Å². The molecule has 0 saturated carbocycles. The van der Waals surface area contributed by atoms with E-state index >= 15 is 0 Å². The van der Waals surface area contributed by atoms with Crippen LogP contribution in [0.5, 0.6) is 11.5 Å². The Kier molecular flexibility index (Phi) is 8.49. The number of unbranched alkanes of at least 4 members (excludes halogenated alkanes) is 2. The third kappa shape index (κ3) is 6.04. The molecule has 0 aliphatic heterocycles. The average Bonchev–Trinajstić information content (AvgIpc) is 2.61. The van der Waals surface area contributed by atoms with Crippen LogP contribution in [0.15, 0.2) is 30.3 Å². The van der Waals surface area contributed by atoms with Crippen LogP contribution in [0.2, 0.25) is 10.0 Å². The van der Waals surface area contributed by atoms with Crippen molar-refractivity contribution in [3.05, 3.63) is 57.3 Å². The number of rotatable bonds is 10. The molecule has 3 nitrogen and oxygen atoms in total. The lowest BCUT2D eigenvalue weighted by Crippen LogP contribution is -2.14. The Bertz CT molecular complexity index is 725. The lowest BCUT2D eigenvalue weighted by Gasteiger charge is -2.15. The highest BCUT2D eigenvalue weighted by Crippen LogP contribution is 2.37. The van der Waals surface area contributed by atoms with E-state index in [0.29, 0.717) is 33.7 Å². The summed E-state index contributed by atoms with van der Waals surface area (Å²) in [6.07, 6.45) is 3.57. The van der Waals surface area contributed by atoms with Gasteiger partial charge in [-0.3, -0.25) is 0 Å². The number of benzene rings is 2. The molecule has 0 aromatic heterocycles. The van der Waals surface area contributed by atoms with Gasteiger partial charge in [-0.15, -0.1) is 0 Å². The molecule has 0 aliphatic rings. The normalized spacial score (nSPS) is 10.8. The van der Waals surface area contributed by atoms with Gasteiger partial charge in [-0.1, -0.05) is 49.0 Å². The van der Waals surface area contributed by atoms with Gasteiger partial charge in [0.1, 0.15) is 12.4 Å². The molecular weight excluding hydrogens is 376 g/mol. The zero-order valence-electron chi connectivity index (χ0n) is 15.1. The van der Waals surface area contributed by atoms with Gasteiger partial charge >= 0.3 is 0 Å². The number of hydrogen-bond donors (Lipinski definition) is 1. The number of hydrogen-bond acceptors (Lipinski definition) is 3. The second-order valence-electron chi connectivity index (χ2n) is 6.02. The number of halogens is 3. The van der Waals surface area contributed by atoms with Crippen LogP contribution in [0.25, 0.3) is 0 Å². The molecule has 2 rings (SSSR count). The maximum Gasteiger partial charge on any atom is 0.180 e. The van der Waals surface area contributed by atoms with Crippen molar-refractivity contribution in [3.63, 3.8) is 0 Å². The highest BCUT2D eigenvalue weighted by molar-refractivity contribution is 6.32. The molecule has 26 heavy (non-hydrogen) atoms. The van der Waals surface area contributed by atoms with Crippen molar-refractivity contribution in [2.75, 3.05) is 13.7 Å². The molecule has 0 unspecified atom stereocenters. The Hall–Kier alpha value is -1.49. The third-order valence-corrected chi connectivity index (χ3v) is 4.60. The van der Waals surface area contributed by atoms with E-state index in [2.05, 4.69) is 12.2 Å². The predicted octanol–water partition coefficient (Wildman–Crippen LogP) is 6.00. The number of methoxy groups -OCH3 is 1. The molecule has 0 saturated heterocycles. The minimum Gasteiger partial charge on any atom is -0.493 e. The second-order valence-corrected chi connectivity index (χ2v) is 6.83. The van der Waals surface area contributed by atoms with Crippen molar-refractivity contribution in [1.29, 1.82) is 0 Å². The van der Waals surface area contributed by atoms with Crippen LogP contribution in [-0.2, 0) is 13.2 Å². The molecule has 2 aromatic rings. The van der Waals surface area contributed by atoms with Crippen molar-refractivity contribution in [2.45, 2.75) is 39.3 Å². The van der Waals surface area contributed by atoms with Gasteiger partial charge in [-0.05, 0) is 42.8 Å². The van der Waals surface area contributed by atoms with Crippen LogP contribution >= 0.6 is 23.2 Å². The first-order valence-electron chi connectivity index (χ1n) is 8.69. The molecule has 0 spiro atoms. The van der Waals surface area contributed by atoms with Crippen molar-refractivity contribution in [2.24, 2.45) is 0 Å². The molecule has 0 heterocycles. The first kappa shape index (κ1) is 20.8. The largest absolute Gasteiger partial charge is 0.493 e. The van der Waals surface area contributed by atoms with Crippen molar-refractivity contribution in [1.82, 2.24) is 5.32 Å². The fraction of sp³-hybridized carbons (Fsp3) is 0.400. The highest BCUT2D eigenvalue weighted by atomic mass is 35.5. The quantitative estimate of drug-likeness (QED) is 0.496. The zero-order valence-corrected chi connectivity index (χ0v) is 16.6. The van der Waals surface area contributed by atoms with Gasteiger partial charge in [0.2, 0.25) is 0 Å². The Morgan fingerprint density at radius 1 is 1.08 bits per heavy atom. The maximum atomic E-state index is 13.1. The molecule has 0 amide bonds. The van der Waals surface area contributed by atoms with E-state index in [4.69, 9.17) is 32.7 Å². The summed E-state index contributed by atoms with van der Waals surface area (Å²) in [5.74, 6) is 0.621. The Morgan fingerprint density at radius 3 is 2.58 bits per heavy atom. The second kappa shape index (κ2) is 10.6. The molecule has 142 valence electrons. The maximum absolute atomic E-state index is 13.1. The topological polar surface area (TPSA) is 30.5 Å².